The van der Waals surface area contributed by atoms with E-state index in [1.165, 1.54) is 0 Å². The van der Waals surface area contributed by atoms with Crippen molar-refractivity contribution in [2.75, 3.05) is 19.8 Å². The summed E-state index contributed by atoms with van der Waals surface area (Å²) in [5.74, 6) is 1.68. The van der Waals surface area contributed by atoms with Gasteiger partial charge in [0.15, 0.2) is 17.2 Å². The van der Waals surface area contributed by atoms with Gasteiger partial charge in [0.05, 0.1) is 6.61 Å². The van der Waals surface area contributed by atoms with E-state index in [9.17, 15) is 4.79 Å². The molecule has 3 aromatic carbocycles. The van der Waals surface area contributed by atoms with Crippen molar-refractivity contribution in [1.29, 1.82) is 0 Å². The molecule has 0 unspecified atom stereocenters. The summed E-state index contributed by atoms with van der Waals surface area (Å²) >= 11 is 6.05. The number of nitrogens with zero attached hydrogens (tertiary/aromatic N) is 1. The summed E-state index contributed by atoms with van der Waals surface area (Å²) in [7, 11) is 0. The predicted octanol–water partition coefficient (Wildman–Crippen LogP) is 5.85. The van der Waals surface area contributed by atoms with E-state index < -0.39 is 5.97 Å². The first-order chi connectivity index (χ1) is 16.5. The van der Waals surface area contributed by atoms with Crippen molar-refractivity contribution in [1.82, 2.24) is 0 Å². The number of benzene rings is 3. The first-order valence-corrected chi connectivity index (χ1v) is 11.3. The number of rotatable bonds is 9. The number of hydrogen-bond donors (Lipinski definition) is 0. The lowest BCUT2D eigenvalue weighted by molar-refractivity contribution is -0.129. The third kappa shape index (κ3) is 5.77. The Labute approximate surface area is 203 Å². The molecule has 0 amide bonds. The number of esters is 1. The molecule has 6 nitrogen and oxygen atoms in total. The van der Waals surface area contributed by atoms with Gasteiger partial charge in [-0.2, -0.15) is 0 Å². The number of hydrogen-bond acceptors (Lipinski definition) is 6. The Hall–Kier alpha value is -3.77. The van der Waals surface area contributed by atoms with E-state index in [1.54, 1.807) is 24.3 Å². The zero-order chi connectivity index (χ0) is 23.9. The maximum Gasteiger partial charge on any atom is 0.363 e. The SMILES string of the molecule is CCOc1cc(/C=C2\N=C(c3ccccc3)OC2=O)ccc1OCCOc1ccc(Cl)c(C)c1. The highest BCUT2D eigenvalue weighted by Gasteiger charge is 2.24. The fourth-order valence-electron chi connectivity index (χ4n) is 3.29. The Morgan fingerprint density at radius 3 is 2.50 bits per heavy atom. The van der Waals surface area contributed by atoms with Crippen molar-refractivity contribution in [3.63, 3.8) is 0 Å². The van der Waals surface area contributed by atoms with Crippen molar-refractivity contribution in [3.05, 3.63) is 94.1 Å². The number of cyclic esters (lactones) is 1. The maximum atomic E-state index is 12.3. The van der Waals surface area contributed by atoms with Gasteiger partial charge in [0, 0.05) is 10.6 Å². The van der Waals surface area contributed by atoms with Gasteiger partial charge >= 0.3 is 5.97 Å². The van der Waals surface area contributed by atoms with E-state index >= 15 is 0 Å². The first kappa shape index (κ1) is 23.4. The molecule has 0 N–H and O–H groups in total. The third-order valence-corrected chi connectivity index (χ3v) is 5.38. The fraction of sp³-hybridized carbons (Fsp3) is 0.185. The van der Waals surface area contributed by atoms with Crippen molar-refractivity contribution >= 4 is 29.5 Å². The number of aliphatic imine (C=N–C) groups is 1. The number of carbonyl (C=O) groups is 1. The van der Waals surface area contributed by atoms with Gasteiger partial charge in [-0.25, -0.2) is 9.79 Å². The molecule has 0 saturated heterocycles. The van der Waals surface area contributed by atoms with Crippen molar-refractivity contribution in [2.24, 2.45) is 4.99 Å². The van der Waals surface area contributed by atoms with Crippen LogP contribution in [0.25, 0.3) is 6.08 Å². The summed E-state index contributed by atoms with van der Waals surface area (Å²) < 4.78 is 22.7. The minimum Gasteiger partial charge on any atom is -0.490 e. The second kappa shape index (κ2) is 10.9. The molecule has 0 aromatic heterocycles. The van der Waals surface area contributed by atoms with Crippen molar-refractivity contribution in [3.8, 4) is 17.2 Å². The minimum absolute atomic E-state index is 0.224. The summed E-state index contributed by atoms with van der Waals surface area (Å²) in [4.78, 5) is 16.6. The molecule has 0 aliphatic carbocycles. The number of aryl methyl sites for hydroxylation is 1. The highest BCUT2D eigenvalue weighted by Crippen LogP contribution is 2.30. The van der Waals surface area contributed by atoms with E-state index in [1.807, 2.05) is 62.4 Å². The van der Waals surface area contributed by atoms with Crippen LogP contribution in [0.5, 0.6) is 17.2 Å². The lowest BCUT2D eigenvalue weighted by Gasteiger charge is -2.13. The van der Waals surface area contributed by atoms with Crippen LogP contribution in [0, 0.1) is 6.92 Å². The summed E-state index contributed by atoms with van der Waals surface area (Å²) in [6.45, 7) is 4.98. The van der Waals surface area contributed by atoms with Crippen LogP contribution >= 0.6 is 11.6 Å². The lowest BCUT2D eigenvalue weighted by Crippen LogP contribution is -2.10. The minimum atomic E-state index is -0.494. The smallest absolute Gasteiger partial charge is 0.363 e. The highest BCUT2D eigenvalue weighted by atomic mass is 35.5. The second-order valence-corrected chi connectivity index (χ2v) is 7.86. The van der Waals surface area contributed by atoms with Crippen LogP contribution in [0.15, 0.2) is 77.4 Å². The van der Waals surface area contributed by atoms with Crippen molar-refractivity contribution in [2.45, 2.75) is 13.8 Å². The molecule has 0 radical (unpaired) electrons. The Balaban J connectivity index is 1.43. The van der Waals surface area contributed by atoms with Gasteiger partial charge < -0.3 is 18.9 Å². The molecule has 4 rings (SSSR count). The molecule has 1 aliphatic heterocycles. The van der Waals surface area contributed by atoms with E-state index in [2.05, 4.69) is 4.99 Å². The predicted molar refractivity (Wildman–Crippen MR) is 132 cm³/mol. The highest BCUT2D eigenvalue weighted by molar-refractivity contribution is 6.31. The molecule has 0 saturated carbocycles. The molecule has 1 aliphatic rings. The summed E-state index contributed by atoms with van der Waals surface area (Å²) in [6, 6.07) is 20.2. The summed E-state index contributed by atoms with van der Waals surface area (Å²) in [5, 5.41) is 0.702. The van der Waals surface area contributed by atoms with Crippen LogP contribution in [-0.4, -0.2) is 31.7 Å². The normalized spacial score (nSPS) is 14.0. The summed E-state index contributed by atoms with van der Waals surface area (Å²) in [6.07, 6.45) is 1.66. The van der Waals surface area contributed by atoms with E-state index in [4.69, 9.17) is 30.5 Å². The van der Waals surface area contributed by atoms with E-state index in [-0.39, 0.29) is 11.6 Å². The molecule has 7 heteroatoms. The van der Waals surface area contributed by atoms with Gasteiger partial charge in [-0.05, 0) is 73.5 Å². The molecule has 0 spiro atoms. The molecule has 1 heterocycles. The Kier molecular flexibility index (Phi) is 7.50. The number of halogens is 1. The van der Waals surface area contributed by atoms with Crippen LogP contribution in [-0.2, 0) is 9.53 Å². The summed E-state index contributed by atoms with van der Waals surface area (Å²) in [5.41, 5.74) is 2.67. The van der Waals surface area contributed by atoms with E-state index in [0.29, 0.717) is 36.3 Å². The zero-order valence-electron chi connectivity index (χ0n) is 18.9. The Morgan fingerprint density at radius 1 is 0.941 bits per heavy atom. The van der Waals surface area contributed by atoms with Crippen molar-refractivity contribution < 1.29 is 23.7 Å². The Morgan fingerprint density at radius 2 is 1.74 bits per heavy atom. The lowest BCUT2D eigenvalue weighted by atomic mass is 10.1. The second-order valence-electron chi connectivity index (χ2n) is 7.45. The molecule has 0 fully saturated rings. The van der Waals surface area contributed by atoms with Gasteiger partial charge in [-0.15, -0.1) is 0 Å². The number of ether oxygens (including phenoxy) is 4. The molecule has 3 aromatic rings. The van der Waals surface area contributed by atoms with Gasteiger partial charge in [0.2, 0.25) is 5.90 Å². The standard InChI is InChI=1S/C27H24ClNO5/c1-3-31-25-17-19(16-23-27(30)34-26(29-23)20-7-5-4-6-8-20)9-12-24(25)33-14-13-32-21-10-11-22(28)18(2)15-21/h4-12,15-17H,3,13-14H2,1-2H3/b23-16-. The topological polar surface area (TPSA) is 66.4 Å². The quantitative estimate of drug-likeness (QED) is 0.220. The fourth-order valence-corrected chi connectivity index (χ4v) is 3.41. The van der Waals surface area contributed by atoms with Crippen LogP contribution < -0.4 is 14.2 Å². The van der Waals surface area contributed by atoms with Gasteiger partial charge in [-0.3, -0.25) is 0 Å². The molecular weight excluding hydrogens is 454 g/mol. The number of carbonyl (C=O) groups excluding carboxylic acids is 1. The van der Waals surface area contributed by atoms with Crippen LogP contribution in [0.2, 0.25) is 5.02 Å². The third-order valence-electron chi connectivity index (χ3n) is 4.95. The van der Waals surface area contributed by atoms with Crippen LogP contribution in [0.1, 0.15) is 23.6 Å². The van der Waals surface area contributed by atoms with E-state index in [0.717, 1.165) is 22.4 Å². The molecule has 34 heavy (non-hydrogen) atoms. The van der Waals surface area contributed by atoms with Gasteiger partial charge in [-0.1, -0.05) is 35.9 Å². The van der Waals surface area contributed by atoms with Crippen LogP contribution in [0.3, 0.4) is 0 Å². The molecule has 174 valence electrons. The molecule has 0 bridgehead atoms. The largest absolute Gasteiger partial charge is 0.490 e. The van der Waals surface area contributed by atoms with Gasteiger partial charge in [0.25, 0.3) is 0 Å². The zero-order valence-corrected chi connectivity index (χ0v) is 19.7. The average Bonchev–Trinajstić information content (AvgIpc) is 3.21. The maximum absolute atomic E-state index is 12.3. The first-order valence-electron chi connectivity index (χ1n) is 10.9. The Bertz CT molecular complexity index is 1240. The monoisotopic (exact) mass is 477 g/mol. The molecular formula is C27H24ClNO5. The molecule has 0 atom stereocenters. The van der Waals surface area contributed by atoms with Crippen LogP contribution in [0.4, 0.5) is 0 Å². The average molecular weight is 478 g/mol. The van der Waals surface area contributed by atoms with Gasteiger partial charge in [0.1, 0.15) is 19.0 Å².